The molecule has 5 heteroatoms. The average molecular weight is 272 g/mol. The fourth-order valence-electron chi connectivity index (χ4n) is 1.96. The van der Waals surface area contributed by atoms with E-state index in [0.717, 1.165) is 23.2 Å². The van der Waals surface area contributed by atoms with E-state index in [2.05, 4.69) is 19.3 Å². The Morgan fingerprint density at radius 3 is 2.94 bits per heavy atom. The van der Waals surface area contributed by atoms with Crippen molar-refractivity contribution in [2.45, 2.75) is 42.1 Å². The van der Waals surface area contributed by atoms with Gasteiger partial charge in [0.15, 0.2) is 0 Å². The van der Waals surface area contributed by atoms with Gasteiger partial charge in [-0.2, -0.15) is 23.5 Å². The molecule has 2 heterocycles. The number of furan rings is 1. The van der Waals surface area contributed by atoms with Crippen molar-refractivity contribution in [3.05, 3.63) is 24.2 Å². The van der Waals surface area contributed by atoms with E-state index in [4.69, 9.17) is 10.3 Å². The molecule has 0 aliphatic carbocycles. The first kappa shape index (κ1) is 13.3. The standard InChI is InChI=1S/C12H20N2OS2/c1-8-9(2)17-12(7-16-8)11(14-13)6-10-4-3-5-15-10/h3-5,8-9,11-12,14H,6-7,13H2,1-2H3. The second-order valence-electron chi connectivity index (χ2n) is 4.47. The molecule has 0 saturated carbocycles. The predicted octanol–water partition coefficient (Wildman–Crippen LogP) is 2.28. The van der Waals surface area contributed by atoms with Crippen molar-refractivity contribution in [2.75, 3.05) is 5.75 Å². The average Bonchev–Trinajstić information content (AvgIpc) is 2.82. The summed E-state index contributed by atoms with van der Waals surface area (Å²) < 4.78 is 5.39. The lowest BCUT2D eigenvalue weighted by atomic mass is 10.1. The molecule has 0 radical (unpaired) electrons. The van der Waals surface area contributed by atoms with E-state index in [-0.39, 0.29) is 6.04 Å². The fraction of sp³-hybridized carbons (Fsp3) is 0.667. The Hall–Kier alpha value is -0.100. The molecule has 4 unspecified atom stereocenters. The summed E-state index contributed by atoms with van der Waals surface area (Å²) in [5.41, 5.74) is 2.95. The Labute approximate surface area is 111 Å². The second kappa shape index (κ2) is 6.18. The molecule has 1 aromatic rings. The molecule has 1 aliphatic rings. The third-order valence-electron chi connectivity index (χ3n) is 3.24. The summed E-state index contributed by atoms with van der Waals surface area (Å²) in [7, 11) is 0. The Morgan fingerprint density at radius 2 is 2.35 bits per heavy atom. The van der Waals surface area contributed by atoms with Crippen molar-refractivity contribution in [3.63, 3.8) is 0 Å². The molecule has 17 heavy (non-hydrogen) atoms. The van der Waals surface area contributed by atoms with Crippen LogP contribution in [0.4, 0.5) is 0 Å². The molecule has 1 aliphatic heterocycles. The maximum atomic E-state index is 5.69. The monoisotopic (exact) mass is 272 g/mol. The van der Waals surface area contributed by atoms with E-state index in [1.807, 2.05) is 35.7 Å². The summed E-state index contributed by atoms with van der Waals surface area (Å²) in [5.74, 6) is 7.85. The molecule has 0 amide bonds. The van der Waals surface area contributed by atoms with Gasteiger partial charge in [-0.15, -0.1) is 0 Å². The van der Waals surface area contributed by atoms with Gasteiger partial charge < -0.3 is 4.42 Å². The lowest BCUT2D eigenvalue weighted by Crippen LogP contribution is -2.47. The summed E-state index contributed by atoms with van der Waals surface area (Å²) in [4.78, 5) is 0. The van der Waals surface area contributed by atoms with E-state index >= 15 is 0 Å². The summed E-state index contributed by atoms with van der Waals surface area (Å²) in [6.07, 6.45) is 2.58. The van der Waals surface area contributed by atoms with Crippen LogP contribution in [-0.2, 0) is 6.42 Å². The minimum atomic E-state index is 0.286. The summed E-state index contributed by atoms with van der Waals surface area (Å²) in [5, 5.41) is 1.98. The Morgan fingerprint density at radius 1 is 1.53 bits per heavy atom. The lowest BCUT2D eigenvalue weighted by Gasteiger charge is -2.35. The van der Waals surface area contributed by atoms with E-state index in [9.17, 15) is 0 Å². The van der Waals surface area contributed by atoms with E-state index in [0.29, 0.717) is 10.5 Å². The van der Waals surface area contributed by atoms with Gasteiger partial charge in [0.05, 0.1) is 6.26 Å². The zero-order valence-corrected chi connectivity index (χ0v) is 11.9. The van der Waals surface area contributed by atoms with E-state index < -0.39 is 0 Å². The van der Waals surface area contributed by atoms with Crippen LogP contribution in [0.1, 0.15) is 19.6 Å². The Bertz CT molecular complexity index is 331. The van der Waals surface area contributed by atoms with Crippen LogP contribution in [0.5, 0.6) is 0 Å². The molecule has 1 saturated heterocycles. The molecule has 0 aromatic carbocycles. The Kier molecular flexibility index (Phi) is 4.85. The number of hydrogen-bond donors (Lipinski definition) is 2. The van der Waals surface area contributed by atoms with Gasteiger partial charge >= 0.3 is 0 Å². The minimum absolute atomic E-state index is 0.286. The largest absolute Gasteiger partial charge is 0.469 e. The Balaban J connectivity index is 1.94. The van der Waals surface area contributed by atoms with Crippen LogP contribution in [0.25, 0.3) is 0 Å². The van der Waals surface area contributed by atoms with Crippen molar-refractivity contribution >= 4 is 23.5 Å². The van der Waals surface area contributed by atoms with E-state index in [1.165, 1.54) is 0 Å². The summed E-state index contributed by atoms with van der Waals surface area (Å²) in [6.45, 7) is 4.60. The maximum absolute atomic E-state index is 5.69. The molecule has 3 N–H and O–H groups in total. The molecule has 0 spiro atoms. The SMILES string of the molecule is CC1SCC(C(Cc2ccco2)NN)SC1C. The van der Waals surface area contributed by atoms with Gasteiger partial charge in [-0.1, -0.05) is 13.8 Å². The third kappa shape index (κ3) is 3.44. The summed E-state index contributed by atoms with van der Waals surface area (Å²) in [6, 6.07) is 4.22. The molecule has 96 valence electrons. The van der Waals surface area contributed by atoms with Crippen molar-refractivity contribution in [1.82, 2.24) is 5.43 Å². The first-order valence-corrected chi connectivity index (χ1v) is 7.95. The normalized spacial score (nSPS) is 31.4. The molecule has 2 rings (SSSR count). The number of thioether (sulfide) groups is 2. The van der Waals surface area contributed by atoms with Crippen LogP contribution in [0.15, 0.2) is 22.8 Å². The van der Waals surface area contributed by atoms with Crippen LogP contribution in [0.2, 0.25) is 0 Å². The van der Waals surface area contributed by atoms with Gasteiger partial charge in [0, 0.05) is 34.0 Å². The van der Waals surface area contributed by atoms with Gasteiger partial charge in [0.1, 0.15) is 5.76 Å². The predicted molar refractivity (Wildman–Crippen MR) is 76.3 cm³/mol. The van der Waals surface area contributed by atoms with Crippen molar-refractivity contribution < 1.29 is 4.42 Å². The third-order valence-corrected chi connectivity index (χ3v) is 6.79. The molecular weight excluding hydrogens is 252 g/mol. The highest BCUT2D eigenvalue weighted by atomic mass is 32.2. The second-order valence-corrected chi connectivity index (χ2v) is 7.51. The maximum Gasteiger partial charge on any atom is 0.105 e. The smallest absolute Gasteiger partial charge is 0.105 e. The molecule has 4 atom stereocenters. The number of nitrogens with two attached hydrogens (primary N) is 1. The minimum Gasteiger partial charge on any atom is -0.469 e. The number of rotatable bonds is 4. The highest BCUT2D eigenvalue weighted by molar-refractivity contribution is 8.07. The van der Waals surface area contributed by atoms with Gasteiger partial charge in [0.25, 0.3) is 0 Å². The summed E-state index contributed by atoms with van der Waals surface area (Å²) >= 11 is 4.09. The first-order chi connectivity index (χ1) is 8.20. The topological polar surface area (TPSA) is 51.2 Å². The van der Waals surface area contributed by atoms with Gasteiger partial charge in [-0.3, -0.25) is 11.3 Å². The van der Waals surface area contributed by atoms with Crippen LogP contribution >= 0.6 is 23.5 Å². The molecular formula is C12H20N2OS2. The molecule has 3 nitrogen and oxygen atoms in total. The number of hydrogen-bond acceptors (Lipinski definition) is 5. The molecule has 1 fully saturated rings. The fourth-order valence-corrected chi connectivity index (χ4v) is 5.07. The lowest BCUT2D eigenvalue weighted by molar-refractivity contribution is 0.444. The first-order valence-electron chi connectivity index (χ1n) is 5.96. The van der Waals surface area contributed by atoms with Gasteiger partial charge in [-0.05, 0) is 12.1 Å². The highest BCUT2D eigenvalue weighted by Gasteiger charge is 2.31. The van der Waals surface area contributed by atoms with Crippen LogP contribution in [0, 0.1) is 0 Å². The van der Waals surface area contributed by atoms with Gasteiger partial charge in [-0.25, -0.2) is 0 Å². The molecule has 1 aromatic heterocycles. The number of nitrogens with one attached hydrogen (secondary N) is 1. The molecule has 0 bridgehead atoms. The van der Waals surface area contributed by atoms with E-state index in [1.54, 1.807) is 6.26 Å². The van der Waals surface area contributed by atoms with Crippen molar-refractivity contribution in [1.29, 1.82) is 0 Å². The van der Waals surface area contributed by atoms with Gasteiger partial charge in [0.2, 0.25) is 0 Å². The zero-order valence-electron chi connectivity index (χ0n) is 10.3. The van der Waals surface area contributed by atoms with Crippen molar-refractivity contribution in [3.8, 4) is 0 Å². The van der Waals surface area contributed by atoms with Crippen LogP contribution in [0.3, 0.4) is 0 Å². The quantitative estimate of drug-likeness (QED) is 0.650. The van der Waals surface area contributed by atoms with Crippen molar-refractivity contribution in [2.24, 2.45) is 5.84 Å². The van der Waals surface area contributed by atoms with Crippen LogP contribution < -0.4 is 11.3 Å². The number of hydrazine groups is 1. The van der Waals surface area contributed by atoms with Crippen LogP contribution in [-0.4, -0.2) is 27.5 Å². The zero-order chi connectivity index (χ0) is 12.3. The highest BCUT2D eigenvalue weighted by Crippen LogP contribution is 2.37.